The first-order valence-electron chi connectivity index (χ1n) is 8.97. The van der Waals surface area contributed by atoms with Crippen molar-refractivity contribution in [2.75, 3.05) is 18.4 Å². The van der Waals surface area contributed by atoms with Gasteiger partial charge in [0, 0.05) is 31.2 Å². The van der Waals surface area contributed by atoms with E-state index in [1.54, 1.807) is 12.4 Å². The van der Waals surface area contributed by atoms with Gasteiger partial charge in [-0.25, -0.2) is 9.97 Å². The highest BCUT2D eigenvalue weighted by atomic mass is 16.2. The van der Waals surface area contributed by atoms with Gasteiger partial charge in [0.25, 0.3) is 5.91 Å². The molecule has 5 heteroatoms. The lowest BCUT2D eigenvalue weighted by molar-refractivity contribution is 0.0772. The van der Waals surface area contributed by atoms with E-state index in [4.69, 9.17) is 0 Å². The summed E-state index contributed by atoms with van der Waals surface area (Å²) < 4.78 is 0. The zero-order valence-electron chi connectivity index (χ0n) is 14.9. The van der Waals surface area contributed by atoms with Crippen LogP contribution in [0.1, 0.15) is 22.3 Å². The molecule has 27 heavy (non-hydrogen) atoms. The molecule has 0 saturated carbocycles. The topological polar surface area (TPSA) is 58.1 Å². The Hall–Kier alpha value is -3.47. The summed E-state index contributed by atoms with van der Waals surface area (Å²) in [6, 6.07) is 20.0. The van der Waals surface area contributed by atoms with Gasteiger partial charge in [0.05, 0.1) is 5.56 Å². The molecule has 1 amide bonds. The van der Waals surface area contributed by atoms with Crippen molar-refractivity contribution < 1.29 is 4.79 Å². The van der Waals surface area contributed by atoms with Crippen LogP contribution in [-0.2, 0) is 0 Å². The maximum absolute atomic E-state index is 12.7. The van der Waals surface area contributed by atoms with Crippen LogP contribution in [0.4, 0.5) is 11.6 Å². The molecule has 0 spiro atoms. The molecule has 0 fully saturated rings. The molecule has 1 aliphatic heterocycles. The Kier molecular flexibility index (Phi) is 4.92. The number of carbonyl (C=O) groups excluding carboxylic acids is 1. The zero-order valence-corrected chi connectivity index (χ0v) is 14.9. The van der Waals surface area contributed by atoms with Gasteiger partial charge in [-0.05, 0) is 29.7 Å². The number of amides is 1. The van der Waals surface area contributed by atoms with Crippen LogP contribution in [0.15, 0.2) is 79.1 Å². The molecule has 2 aromatic carbocycles. The van der Waals surface area contributed by atoms with Crippen molar-refractivity contribution in [3.05, 3.63) is 90.3 Å². The number of nitrogens with one attached hydrogen (secondary N) is 1. The van der Waals surface area contributed by atoms with Crippen LogP contribution in [0, 0.1) is 0 Å². The third-order valence-electron chi connectivity index (χ3n) is 4.57. The number of hydrogen-bond donors (Lipinski definition) is 1. The van der Waals surface area contributed by atoms with Gasteiger partial charge >= 0.3 is 0 Å². The Morgan fingerprint density at radius 1 is 0.926 bits per heavy atom. The number of benzene rings is 2. The minimum Gasteiger partial charge on any atom is -0.334 e. The number of para-hydroxylation sites is 1. The van der Waals surface area contributed by atoms with E-state index in [0.717, 1.165) is 12.1 Å². The Balaban J connectivity index is 1.41. The molecule has 134 valence electrons. The Morgan fingerprint density at radius 3 is 2.22 bits per heavy atom. The second kappa shape index (κ2) is 7.83. The van der Waals surface area contributed by atoms with Gasteiger partial charge in [0.15, 0.2) is 0 Å². The summed E-state index contributed by atoms with van der Waals surface area (Å²) in [7, 11) is 0. The molecular weight excluding hydrogens is 336 g/mol. The summed E-state index contributed by atoms with van der Waals surface area (Å²) >= 11 is 0. The van der Waals surface area contributed by atoms with Crippen molar-refractivity contribution in [3.8, 4) is 0 Å². The van der Waals surface area contributed by atoms with Gasteiger partial charge in [-0.15, -0.1) is 0 Å². The SMILES string of the molecule is O=C(c1cnc(Nc2ccccc2)nc1)N1CC=C(c2ccccc2)CC1. The monoisotopic (exact) mass is 356 g/mol. The number of hydrogen-bond acceptors (Lipinski definition) is 4. The fraction of sp³-hybridized carbons (Fsp3) is 0.136. The molecule has 1 aromatic heterocycles. The van der Waals surface area contributed by atoms with Crippen LogP contribution >= 0.6 is 0 Å². The third-order valence-corrected chi connectivity index (χ3v) is 4.57. The molecule has 0 unspecified atom stereocenters. The summed E-state index contributed by atoms with van der Waals surface area (Å²) in [6.07, 6.45) is 6.14. The van der Waals surface area contributed by atoms with Gasteiger partial charge in [-0.1, -0.05) is 54.6 Å². The molecule has 2 heterocycles. The lowest BCUT2D eigenvalue weighted by Gasteiger charge is -2.26. The number of nitrogens with zero attached hydrogens (tertiary/aromatic N) is 3. The molecular formula is C22H20N4O. The molecule has 0 radical (unpaired) electrons. The average Bonchev–Trinajstić information content (AvgIpc) is 2.75. The van der Waals surface area contributed by atoms with E-state index < -0.39 is 0 Å². The first-order chi connectivity index (χ1) is 13.3. The number of anilines is 2. The van der Waals surface area contributed by atoms with Crippen LogP contribution < -0.4 is 5.32 Å². The van der Waals surface area contributed by atoms with Crippen molar-refractivity contribution in [2.45, 2.75) is 6.42 Å². The van der Waals surface area contributed by atoms with E-state index in [1.807, 2.05) is 53.4 Å². The van der Waals surface area contributed by atoms with Gasteiger partial charge in [-0.2, -0.15) is 0 Å². The maximum Gasteiger partial charge on any atom is 0.257 e. The summed E-state index contributed by atoms with van der Waals surface area (Å²) in [5.74, 6) is 0.437. The van der Waals surface area contributed by atoms with Crippen LogP contribution in [0.5, 0.6) is 0 Å². The first kappa shape index (κ1) is 17.0. The predicted molar refractivity (Wildman–Crippen MR) is 107 cm³/mol. The summed E-state index contributed by atoms with van der Waals surface area (Å²) in [5, 5.41) is 3.12. The zero-order chi connectivity index (χ0) is 18.5. The smallest absolute Gasteiger partial charge is 0.257 e. The lowest BCUT2D eigenvalue weighted by Crippen LogP contribution is -2.34. The quantitative estimate of drug-likeness (QED) is 0.763. The number of carbonyl (C=O) groups is 1. The van der Waals surface area contributed by atoms with E-state index in [2.05, 4.69) is 33.5 Å². The van der Waals surface area contributed by atoms with E-state index in [0.29, 0.717) is 24.6 Å². The minimum absolute atomic E-state index is 0.0374. The van der Waals surface area contributed by atoms with Gasteiger partial charge < -0.3 is 10.2 Å². The average molecular weight is 356 g/mol. The molecule has 4 rings (SSSR count). The van der Waals surface area contributed by atoms with Crippen molar-refractivity contribution in [2.24, 2.45) is 0 Å². The van der Waals surface area contributed by atoms with E-state index >= 15 is 0 Å². The molecule has 5 nitrogen and oxygen atoms in total. The molecule has 1 aliphatic rings. The van der Waals surface area contributed by atoms with Crippen molar-refractivity contribution >= 4 is 23.1 Å². The van der Waals surface area contributed by atoms with Gasteiger partial charge in [0.2, 0.25) is 5.95 Å². The summed E-state index contributed by atoms with van der Waals surface area (Å²) in [4.78, 5) is 23.1. The van der Waals surface area contributed by atoms with Crippen LogP contribution in [0.3, 0.4) is 0 Å². The standard InChI is InChI=1S/C22H20N4O/c27-21(26-13-11-18(12-14-26)17-7-3-1-4-8-17)19-15-23-22(24-16-19)25-20-9-5-2-6-10-20/h1-11,15-16H,12-14H2,(H,23,24,25). The van der Waals surface area contributed by atoms with E-state index in [9.17, 15) is 4.79 Å². The summed E-state index contributed by atoms with van der Waals surface area (Å²) in [5.41, 5.74) is 3.93. The first-order valence-corrected chi connectivity index (χ1v) is 8.97. The highest BCUT2D eigenvalue weighted by Crippen LogP contribution is 2.23. The molecule has 0 atom stereocenters. The Labute approximate surface area is 158 Å². The van der Waals surface area contributed by atoms with E-state index in [1.165, 1.54) is 11.1 Å². The van der Waals surface area contributed by atoms with Crippen molar-refractivity contribution in [1.29, 1.82) is 0 Å². The molecule has 0 bridgehead atoms. The van der Waals surface area contributed by atoms with Crippen LogP contribution in [0.2, 0.25) is 0 Å². The minimum atomic E-state index is -0.0374. The Bertz CT molecular complexity index is 937. The number of aromatic nitrogens is 2. The third kappa shape index (κ3) is 4.03. The second-order valence-corrected chi connectivity index (χ2v) is 6.38. The van der Waals surface area contributed by atoms with Gasteiger partial charge in [0.1, 0.15) is 0 Å². The van der Waals surface area contributed by atoms with Gasteiger partial charge in [-0.3, -0.25) is 4.79 Å². The Morgan fingerprint density at radius 2 is 1.59 bits per heavy atom. The highest BCUT2D eigenvalue weighted by molar-refractivity contribution is 5.94. The number of rotatable bonds is 4. The highest BCUT2D eigenvalue weighted by Gasteiger charge is 2.20. The normalized spacial score (nSPS) is 13.8. The molecule has 0 aliphatic carbocycles. The van der Waals surface area contributed by atoms with Crippen LogP contribution in [0.25, 0.3) is 5.57 Å². The van der Waals surface area contributed by atoms with Crippen molar-refractivity contribution in [3.63, 3.8) is 0 Å². The fourth-order valence-corrected chi connectivity index (χ4v) is 3.10. The largest absolute Gasteiger partial charge is 0.334 e. The maximum atomic E-state index is 12.7. The predicted octanol–water partition coefficient (Wildman–Crippen LogP) is 4.15. The van der Waals surface area contributed by atoms with E-state index in [-0.39, 0.29) is 5.91 Å². The second-order valence-electron chi connectivity index (χ2n) is 6.38. The molecule has 1 N–H and O–H groups in total. The van der Waals surface area contributed by atoms with Crippen molar-refractivity contribution in [1.82, 2.24) is 14.9 Å². The van der Waals surface area contributed by atoms with Crippen LogP contribution in [-0.4, -0.2) is 33.9 Å². The summed E-state index contributed by atoms with van der Waals surface area (Å²) in [6.45, 7) is 1.30. The molecule has 0 saturated heterocycles. The lowest BCUT2D eigenvalue weighted by atomic mass is 9.99. The molecule has 3 aromatic rings. The fourth-order valence-electron chi connectivity index (χ4n) is 3.10.